The lowest BCUT2D eigenvalue weighted by atomic mass is 10.0. The molecule has 1 aromatic carbocycles. The minimum atomic E-state index is -0.667. The second-order valence-electron chi connectivity index (χ2n) is 9.57. The fraction of sp³-hybridized carbons (Fsp3) is 0.414. The Morgan fingerprint density at radius 3 is 2.62 bits per heavy atom. The maximum absolute atomic E-state index is 12.6. The molecule has 1 heterocycles. The summed E-state index contributed by atoms with van der Waals surface area (Å²) in [6.45, 7) is 11.1. The molecule has 0 aliphatic carbocycles. The third-order valence-corrected chi connectivity index (χ3v) is 5.24. The van der Waals surface area contributed by atoms with E-state index in [0.717, 1.165) is 23.2 Å². The van der Waals surface area contributed by atoms with Gasteiger partial charge < -0.3 is 19.5 Å². The lowest BCUT2D eigenvalue weighted by molar-refractivity contribution is -0.143. The highest BCUT2D eigenvalue weighted by Crippen LogP contribution is 2.32. The number of hydrogen-bond donors (Lipinski definition) is 2. The number of hydrogen-bond acceptors (Lipinski definition) is 8. The van der Waals surface area contributed by atoms with Gasteiger partial charge in [-0.3, -0.25) is 10.3 Å². The molecule has 2 aromatic rings. The highest BCUT2D eigenvalue weighted by molar-refractivity contribution is 5.90. The van der Waals surface area contributed by atoms with Crippen LogP contribution in [0.25, 0.3) is 11.1 Å². The predicted molar refractivity (Wildman–Crippen MR) is 152 cm³/mol. The number of pyridine rings is 1. The van der Waals surface area contributed by atoms with Gasteiger partial charge >= 0.3 is 18.2 Å². The van der Waals surface area contributed by atoms with Crippen molar-refractivity contribution in [3.05, 3.63) is 54.9 Å². The molecule has 0 aliphatic rings. The number of ether oxygens (including phenoxy) is 3. The molecule has 10 heteroatoms. The fourth-order valence-corrected chi connectivity index (χ4v) is 3.56. The van der Waals surface area contributed by atoms with E-state index in [1.165, 1.54) is 7.11 Å². The average molecular weight is 539 g/mol. The Morgan fingerprint density at radius 1 is 1.18 bits per heavy atom. The SMILES string of the molecule is C=CC[C@H](Nc1cc(NC(=O)OC)ccc1-c1ccnc(CCCC=NC(=O)OC(C)(C)C)c1)C(=O)OCC. The summed E-state index contributed by atoms with van der Waals surface area (Å²) in [4.78, 5) is 44.3. The molecule has 2 N–H and O–H groups in total. The first-order valence-corrected chi connectivity index (χ1v) is 12.8. The number of esters is 1. The summed E-state index contributed by atoms with van der Waals surface area (Å²) >= 11 is 0. The van der Waals surface area contributed by atoms with E-state index in [0.29, 0.717) is 30.6 Å². The van der Waals surface area contributed by atoms with Gasteiger partial charge in [-0.2, -0.15) is 4.99 Å². The number of unbranched alkanes of at least 4 members (excludes halogenated alkanes) is 1. The molecule has 0 saturated heterocycles. The number of carbonyl (C=O) groups is 3. The minimum Gasteiger partial charge on any atom is -0.464 e. The van der Waals surface area contributed by atoms with E-state index >= 15 is 0 Å². The summed E-state index contributed by atoms with van der Waals surface area (Å²) in [7, 11) is 1.28. The van der Waals surface area contributed by atoms with Crippen LogP contribution in [0.15, 0.2) is 54.2 Å². The van der Waals surface area contributed by atoms with E-state index in [1.807, 2.05) is 18.2 Å². The van der Waals surface area contributed by atoms with Gasteiger partial charge in [-0.1, -0.05) is 12.1 Å². The fourth-order valence-electron chi connectivity index (χ4n) is 3.56. The van der Waals surface area contributed by atoms with Crippen LogP contribution in [0.4, 0.5) is 21.0 Å². The zero-order valence-corrected chi connectivity index (χ0v) is 23.3. The van der Waals surface area contributed by atoms with E-state index in [-0.39, 0.29) is 6.61 Å². The van der Waals surface area contributed by atoms with E-state index < -0.39 is 29.8 Å². The highest BCUT2D eigenvalue weighted by atomic mass is 16.6. The van der Waals surface area contributed by atoms with Gasteiger partial charge in [0.2, 0.25) is 0 Å². The topological polar surface area (TPSA) is 128 Å². The number of nitrogens with zero attached hydrogens (tertiary/aromatic N) is 2. The van der Waals surface area contributed by atoms with E-state index in [9.17, 15) is 14.4 Å². The first-order valence-electron chi connectivity index (χ1n) is 12.8. The van der Waals surface area contributed by atoms with Gasteiger partial charge in [0.1, 0.15) is 11.6 Å². The second-order valence-corrected chi connectivity index (χ2v) is 9.57. The summed E-state index contributed by atoms with van der Waals surface area (Å²) in [6.07, 6.45) is 6.04. The summed E-state index contributed by atoms with van der Waals surface area (Å²) in [5.74, 6) is -0.404. The molecule has 2 amide bonds. The highest BCUT2D eigenvalue weighted by Gasteiger charge is 2.20. The Morgan fingerprint density at radius 2 is 1.95 bits per heavy atom. The Kier molecular flexibility index (Phi) is 12.1. The van der Waals surface area contributed by atoms with Crippen LogP contribution in [0.5, 0.6) is 0 Å². The molecule has 210 valence electrons. The van der Waals surface area contributed by atoms with Crippen molar-refractivity contribution >= 4 is 35.7 Å². The molecule has 0 spiro atoms. The Labute approximate surface area is 229 Å². The normalized spacial score (nSPS) is 11.9. The molecule has 0 radical (unpaired) electrons. The number of benzene rings is 1. The van der Waals surface area contributed by atoms with Gasteiger partial charge in [-0.15, -0.1) is 6.58 Å². The van der Waals surface area contributed by atoms with E-state index in [4.69, 9.17) is 14.2 Å². The Hall–Kier alpha value is -4.21. The molecule has 0 bridgehead atoms. The molecule has 0 unspecified atom stereocenters. The quantitative estimate of drug-likeness (QED) is 0.108. The number of aryl methyl sites for hydroxylation is 1. The van der Waals surface area contributed by atoms with Crippen LogP contribution in [-0.4, -0.2) is 54.7 Å². The van der Waals surface area contributed by atoms with Crippen molar-refractivity contribution in [1.82, 2.24) is 4.98 Å². The Bertz CT molecular complexity index is 1170. The van der Waals surface area contributed by atoms with E-state index in [1.54, 1.807) is 58.3 Å². The number of aromatic nitrogens is 1. The van der Waals surface area contributed by atoms with E-state index in [2.05, 4.69) is 27.2 Å². The number of amides is 2. The lowest BCUT2D eigenvalue weighted by Crippen LogP contribution is -2.31. The molecular formula is C29H38N4O6. The predicted octanol–water partition coefficient (Wildman–Crippen LogP) is 6.18. The Balaban J connectivity index is 2.24. The first kappa shape index (κ1) is 31.0. The van der Waals surface area contributed by atoms with Crippen LogP contribution in [-0.2, 0) is 25.4 Å². The zero-order chi connectivity index (χ0) is 28.8. The third-order valence-electron chi connectivity index (χ3n) is 5.24. The summed E-state index contributed by atoms with van der Waals surface area (Å²) < 4.78 is 15.1. The maximum atomic E-state index is 12.6. The van der Waals surface area contributed by atoms with Crippen molar-refractivity contribution in [2.75, 3.05) is 24.4 Å². The largest absolute Gasteiger partial charge is 0.464 e. The molecule has 39 heavy (non-hydrogen) atoms. The molecule has 10 nitrogen and oxygen atoms in total. The van der Waals surface area contributed by atoms with Crippen LogP contribution in [0.1, 0.15) is 52.7 Å². The number of carbonyl (C=O) groups excluding carboxylic acids is 3. The third kappa shape index (κ3) is 11.0. The van der Waals surface area contributed by atoms with Crippen LogP contribution in [0, 0.1) is 0 Å². The van der Waals surface area contributed by atoms with Crippen LogP contribution in [0.3, 0.4) is 0 Å². The van der Waals surface area contributed by atoms with Crippen LogP contribution >= 0.6 is 0 Å². The monoisotopic (exact) mass is 538 g/mol. The number of methoxy groups -OCH3 is 1. The van der Waals surface area contributed by atoms with Crippen molar-refractivity contribution in [2.24, 2.45) is 4.99 Å². The van der Waals surface area contributed by atoms with Gasteiger partial charge in [-0.25, -0.2) is 14.4 Å². The van der Waals surface area contributed by atoms with Gasteiger partial charge in [0, 0.05) is 35.0 Å². The van der Waals surface area contributed by atoms with Gasteiger partial charge in [0.15, 0.2) is 0 Å². The second kappa shape index (κ2) is 15.3. The first-order chi connectivity index (χ1) is 18.6. The molecule has 0 aliphatic heterocycles. The van der Waals surface area contributed by atoms with Gasteiger partial charge in [0.25, 0.3) is 0 Å². The lowest BCUT2D eigenvalue weighted by Gasteiger charge is -2.20. The number of anilines is 2. The van der Waals surface area contributed by atoms with Crippen molar-refractivity contribution in [2.45, 2.75) is 65.0 Å². The molecule has 1 atom stereocenters. The molecule has 0 saturated carbocycles. The standard InChI is InChI=1S/C29H38N4O6/c1-7-11-24(26(34)38-8-2)33-25-19-22(32-28(36)37-6)13-14-23(25)20-15-17-30-21(18-20)12-9-10-16-31-27(35)39-29(3,4)5/h7,13-19,24,33H,1,8-12H2,2-6H3,(H,32,36)/t24-/m0/s1. The van der Waals surface area contributed by atoms with Crippen LogP contribution in [0.2, 0.25) is 0 Å². The van der Waals surface area contributed by atoms with Crippen molar-refractivity contribution in [3.8, 4) is 11.1 Å². The molecule has 0 fully saturated rings. The summed E-state index contributed by atoms with van der Waals surface area (Å²) in [5.41, 5.74) is 3.06. The van der Waals surface area contributed by atoms with Gasteiger partial charge in [-0.05, 0) is 83.2 Å². The minimum absolute atomic E-state index is 0.251. The molecule has 2 rings (SSSR count). The van der Waals surface area contributed by atoms with Gasteiger partial charge in [0.05, 0.1) is 13.7 Å². The number of nitrogens with one attached hydrogen (secondary N) is 2. The van der Waals surface area contributed by atoms with Crippen molar-refractivity contribution < 1.29 is 28.6 Å². The number of rotatable bonds is 12. The number of aliphatic imine (C=N–C) groups is 1. The average Bonchev–Trinajstić information content (AvgIpc) is 2.87. The maximum Gasteiger partial charge on any atom is 0.433 e. The summed E-state index contributed by atoms with van der Waals surface area (Å²) in [6, 6.07) is 8.49. The van der Waals surface area contributed by atoms with Crippen LogP contribution < -0.4 is 10.6 Å². The summed E-state index contributed by atoms with van der Waals surface area (Å²) in [5, 5.41) is 5.90. The zero-order valence-electron chi connectivity index (χ0n) is 23.3. The molecule has 1 aromatic heterocycles. The molecular weight excluding hydrogens is 500 g/mol. The smallest absolute Gasteiger partial charge is 0.433 e. The van der Waals surface area contributed by atoms with Crippen molar-refractivity contribution in [3.63, 3.8) is 0 Å². The van der Waals surface area contributed by atoms with Crippen molar-refractivity contribution in [1.29, 1.82) is 0 Å².